The lowest BCUT2D eigenvalue weighted by Gasteiger charge is -2.41. The first-order valence-electron chi connectivity index (χ1n) is 8.91. The minimum Gasteiger partial charge on any atom is -0.444 e. The van der Waals surface area contributed by atoms with Crippen LogP contribution in [-0.4, -0.2) is 63.5 Å². The van der Waals surface area contributed by atoms with Gasteiger partial charge in [0.15, 0.2) is 16.1 Å². The molecule has 0 radical (unpaired) electrons. The number of carbonyl (C=O) groups excluding carboxylic acids is 1. The number of amides is 1. The van der Waals surface area contributed by atoms with Crippen LogP contribution in [0.1, 0.15) is 27.7 Å². The van der Waals surface area contributed by atoms with Crippen molar-refractivity contribution >= 4 is 46.2 Å². The molecular formula is C18H23ClFN5O2S. The SMILES string of the molecule is CSc1nc(N2CCN(C(=O)OC(C)(C)C)CC2C)c2cnc(Cl)c(F)c2n1. The number of fused-ring (bicyclic) bond motifs is 1. The number of hydrogen-bond donors (Lipinski definition) is 0. The Kier molecular flexibility index (Phi) is 5.86. The number of hydrogen-bond acceptors (Lipinski definition) is 7. The van der Waals surface area contributed by atoms with Crippen LogP contribution in [0.15, 0.2) is 11.4 Å². The number of aromatic nitrogens is 3. The quantitative estimate of drug-likeness (QED) is 0.407. The summed E-state index contributed by atoms with van der Waals surface area (Å²) < 4.78 is 20.0. The van der Waals surface area contributed by atoms with Crippen LogP contribution in [0.2, 0.25) is 5.15 Å². The largest absolute Gasteiger partial charge is 0.444 e. The van der Waals surface area contributed by atoms with Gasteiger partial charge in [0, 0.05) is 31.9 Å². The van der Waals surface area contributed by atoms with Crippen LogP contribution < -0.4 is 4.90 Å². The maximum absolute atomic E-state index is 14.5. The van der Waals surface area contributed by atoms with E-state index in [0.29, 0.717) is 36.0 Å². The zero-order chi connectivity index (χ0) is 20.6. The molecule has 1 fully saturated rings. The van der Waals surface area contributed by atoms with E-state index >= 15 is 0 Å². The molecule has 1 unspecified atom stereocenters. The second-order valence-electron chi connectivity index (χ2n) is 7.63. The van der Waals surface area contributed by atoms with E-state index in [1.165, 1.54) is 18.0 Å². The number of halogens is 2. The minimum absolute atomic E-state index is 0.0483. The van der Waals surface area contributed by atoms with Crippen molar-refractivity contribution in [2.24, 2.45) is 0 Å². The fraction of sp³-hybridized carbons (Fsp3) is 0.556. The maximum atomic E-state index is 14.5. The molecule has 0 N–H and O–H groups in total. The van der Waals surface area contributed by atoms with Gasteiger partial charge in [-0.25, -0.2) is 24.1 Å². The van der Waals surface area contributed by atoms with Crippen LogP contribution in [0.25, 0.3) is 10.9 Å². The second-order valence-corrected chi connectivity index (χ2v) is 8.76. The van der Waals surface area contributed by atoms with Gasteiger partial charge in [-0.2, -0.15) is 0 Å². The number of ether oxygens (including phenoxy) is 1. The first kappa shape index (κ1) is 20.9. The molecule has 10 heteroatoms. The van der Waals surface area contributed by atoms with Gasteiger partial charge in [-0.3, -0.25) is 0 Å². The Labute approximate surface area is 172 Å². The molecule has 0 aliphatic carbocycles. The van der Waals surface area contributed by atoms with Gasteiger partial charge in [-0.15, -0.1) is 0 Å². The highest BCUT2D eigenvalue weighted by molar-refractivity contribution is 7.98. The summed E-state index contributed by atoms with van der Waals surface area (Å²) in [5, 5.41) is 0.731. The first-order valence-corrected chi connectivity index (χ1v) is 10.5. The van der Waals surface area contributed by atoms with E-state index in [1.807, 2.05) is 38.9 Å². The Balaban J connectivity index is 1.91. The van der Waals surface area contributed by atoms with Crippen molar-refractivity contribution in [2.45, 2.75) is 44.5 Å². The van der Waals surface area contributed by atoms with Gasteiger partial charge in [0.1, 0.15) is 16.9 Å². The topological polar surface area (TPSA) is 71.5 Å². The summed E-state index contributed by atoms with van der Waals surface area (Å²) in [5.41, 5.74) is -0.396. The zero-order valence-corrected chi connectivity index (χ0v) is 18.1. The summed E-state index contributed by atoms with van der Waals surface area (Å²) in [6, 6.07) is -0.0483. The molecule has 0 spiro atoms. The number of carbonyl (C=O) groups is 1. The van der Waals surface area contributed by atoms with E-state index in [-0.39, 0.29) is 22.8 Å². The molecule has 2 aromatic rings. The molecule has 1 aliphatic rings. The Hall–Kier alpha value is -1.87. The molecule has 1 saturated heterocycles. The molecule has 3 heterocycles. The lowest BCUT2D eigenvalue weighted by molar-refractivity contribution is 0.0218. The second kappa shape index (κ2) is 7.87. The number of anilines is 1. The Morgan fingerprint density at radius 3 is 2.68 bits per heavy atom. The standard InChI is InChI=1S/C18H23ClFN5O2S/c1-10-9-24(17(26)27-18(2,3)4)6-7-25(10)15-11-8-21-14(19)12(20)13(11)22-16(23-15)28-5/h8,10H,6-7,9H2,1-5H3. The molecule has 152 valence electrons. The molecule has 1 amide bonds. The molecule has 1 atom stereocenters. The maximum Gasteiger partial charge on any atom is 0.410 e. The predicted octanol–water partition coefficient (Wildman–Crippen LogP) is 3.98. The van der Waals surface area contributed by atoms with E-state index in [1.54, 1.807) is 4.90 Å². The summed E-state index contributed by atoms with van der Waals surface area (Å²) in [7, 11) is 0. The molecule has 0 saturated carbocycles. The van der Waals surface area contributed by atoms with Crippen molar-refractivity contribution in [3.05, 3.63) is 17.2 Å². The Bertz CT molecular complexity index is 908. The van der Waals surface area contributed by atoms with Gasteiger partial charge >= 0.3 is 6.09 Å². The van der Waals surface area contributed by atoms with Crippen molar-refractivity contribution in [2.75, 3.05) is 30.8 Å². The molecule has 0 bridgehead atoms. The van der Waals surface area contributed by atoms with Crippen molar-refractivity contribution in [1.29, 1.82) is 0 Å². The summed E-state index contributed by atoms with van der Waals surface area (Å²) in [4.78, 5) is 28.9. The third kappa shape index (κ3) is 4.25. The smallest absolute Gasteiger partial charge is 0.410 e. The van der Waals surface area contributed by atoms with E-state index < -0.39 is 11.4 Å². The lowest BCUT2D eigenvalue weighted by Crippen LogP contribution is -2.55. The fourth-order valence-corrected chi connectivity index (χ4v) is 3.57. The van der Waals surface area contributed by atoms with Crippen LogP contribution in [0.4, 0.5) is 15.0 Å². The highest BCUT2D eigenvalue weighted by Crippen LogP contribution is 2.31. The number of pyridine rings is 1. The van der Waals surface area contributed by atoms with E-state index in [0.717, 1.165) is 0 Å². The average Bonchev–Trinajstić information content (AvgIpc) is 2.62. The van der Waals surface area contributed by atoms with Gasteiger partial charge in [0.25, 0.3) is 0 Å². The third-order valence-electron chi connectivity index (χ3n) is 4.33. The Morgan fingerprint density at radius 2 is 2.07 bits per heavy atom. The van der Waals surface area contributed by atoms with Gasteiger partial charge in [-0.05, 0) is 34.0 Å². The average molecular weight is 428 g/mol. The summed E-state index contributed by atoms with van der Waals surface area (Å²) in [6.07, 6.45) is 2.98. The number of piperazine rings is 1. The summed E-state index contributed by atoms with van der Waals surface area (Å²) in [5.74, 6) is -0.0630. The molecular weight excluding hydrogens is 405 g/mol. The van der Waals surface area contributed by atoms with Crippen LogP contribution in [-0.2, 0) is 4.74 Å². The van der Waals surface area contributed by atoms with Crippen LogP contribution in [0, 0.1) is 5.82 Å². The Morgan fingerprint density at radius 1 is 1.36 bits per heavy atom. The summed E-state index contributed by atoms with van der Waals surface area (Å²) in [6.45, 7) is 8.99. The molecule has 1 aliphatic heterocycles. The fourth-order valence-electron chi connectivity index (χ4n) is 3.07. The van der Waals surface area contributed by atoms with Gasteiger partial charge < -0.3 is 14.5 Å². The number of nitrogens with zero attached hydrogens (tertiary/aromatic N) is 5. The van der Waals surface area contributed by atoms with E-state index in [2.05, 4.69) is 15.0 Å². The minimum atomic E-state index is -0.654. The molecule has 3 rings (SSSR count). The molecule has 2 aromatic heterocycles. The normalized spacial score (nSPS) is 17.9. The first-order chi connectivity index (χ1) is 13.1. The molecule has 28 heavy (non-hydrogen) atoms. The summed E-state index contributed by atoms with van der Waals surface area (Å²) >= 11 is 7.16. The molecule has 0 aromatic carbocycles. The monoisotopic (exact) mass is 427 g/mol. The number of rotatable bonds is 2. The zero-order valence-electron chi connectivity index (χ0n) is 16.5. The van der Waals surface area contributed by atoms with Crippen LogP contribution >= 0.6 is 23.4 Å². The van der Waals surface area contributed by atoms with Crippen molar-refractivity contribution < 1.29 is 13.9 Å². The van der Waals surface area contributed by atoms with Crippen LogP contribution in [0.3, 0.4) is 0 Å². The molecule has 7 nitrogen and oxygen atoms in total. The van der Waals surface area contributed by atoms with Crippen molar-refractivity contribution in [1.82, 2.24) is 19.9 Å². The van der Waals surface area contributed by atoms with Crippen molar-refractivity contribution in [3.8, 4) is 0 Å². The lowest BCUT2D eigenvalue weighted by atomic mass is 10.1. The van der Waals surface area contributed by atoms with Crippen LogP contribution in [0.5, 0.6) is 0 Å². The highest BCUT2D eigenvalue weighted by atomic mass is 35.5. The van der Waals surface area contributed by atoms with Gasteiger partial charge in [-0.1, -0.05) is 23.4 Å². The van der Waals surface area contributed by atoms with E-state index in [4.69, 9.17) is 16.3 Å². The van der Waals surface area contributed by atoms with Gasteiger partial charge in [0.05, 0.1) is 5.39 Å². The predicted molar refractivity (Wildman–Crippen MR) is 109 cm³/mol. The highest BCUT2D eigenvalue weighted by Gasteiger charge is 2.32. The third-order valence-corrected chi connectivity index (χ3v) is 5.15. The number of thioether (sulfide) groups is 1. The van der Waals surface area contributed by atoms with Gasteiger partial charge in [0.2, 0.25) is 0 Å². The van der Waals surface area contributed by atoms with Crippen molar-refractivity contribution in [3.63, 3.8) is 0 Å². The van der Waals surface area contributed by atoms with E-state index in [9.17, 15) is 9.18 Å².